The molecule has 5 aromatic carbocycles. The van der Waals surface area contributed by atoms with Crippen molar-refractivity contribution in [3.8, 4) is 0 Å². The standard InChI is InChI=1S/C31H25BrN2/c1-24-11-8-17-28(21-24)33(26-13-4-2-5-14-26)30-19-10-20-31(23-30)34(27-15-6-3-7-16-27)29-18-9-12-25(32)22-29/h2-23H,1H3. The van der Waals surface area contributed by atoms with Crippen LogP contribution in [0.2, 0.25) is 0 Å². The predicted octanol–water partition coefficient (Wildman–Crippen LogP) is 9.70. The van der Waals surface area contributed by atoms with Crippen molar-refractivity contribution in [1.82, 2.24) is 0 Å². The van der Waals surface area contributed by atoms with E-state index < -0.39 is 0 Å². The summed E-state index contributed by atoms with van der Waals surface area (Å²) in [4.78, 5) is 4.59. The van der Waals surface area contributed by atoms with Gasteiger partial charge in [0.1, 0.15) is 0 Å². The van der Waals surface area contributed by atoms with Gasteiger partial charge in [0.25, 0.3) is 0 Å². The number of rotatable bonds is 6. The molecule has 2 nitrogen and oxygen atoms in total. The zero-order valence-corrected chi connectivity index (χ0v) is 20.6. The summed E-state index contributed by atoms with van der Waals surface area (Å²) in [5.74, 6) is 0. The molecule has 0 bridgehead atoms. The van der Waals surface area contributed by atoms with E-state index in [9.17, 15) is 0 Å². The maximum absolute atomic E-state index is 3.65. The van der Waals surface area contributed by atoms with Crippen LogP contribution in [-0.2, 0) is 0 Å². The molecule has 0 spiro atoms. The maximum atomic E-state index is 3.65. The molecule has 0 aliphatic heterocycles. The first-order valence-electron chi connectivity index (χ1n) is 11.3. The lowest BCUT2D eigenvalue weighted by molar-refractivity contribution is 1.24. The molecule has 0 N–H and O–H groups in total. The quantitative estimate of drug-likeness (QED) is 0.227. The number of para-hydroxylation sites is 2. The Morgan fingerprint density at radius 3 is 1.32 bits per heavy atom. The van der Waals surface area contributed by atoms with Crippen LogP contribution in [0.3, 0.4) is 0 Å². The minimum absolute atomic E-state index is 1.05. The smallest absolute Gasteiger partial charge is 0.0482 e. The Labute approximate surface area is 209 Å². The van der Waals surface area contributed by atoms with Crippen LogP contribution in [0.15, 0.2) is 138 Å². The summed E-state index contributed by atoms with van der Waals surface area (Å²) in [6.45, 7) is 2.13. The highest BCUT2D eigenvalue weighted by Gasteiger charge is 2.17. The van der Waals surface area contributed by atoms with Gasteiger partial charge in [-0.25, -0.2) is 0 Å². The van der Waals surface area contributed by atoms with Gasteiger partial charge in [-0.05, 0) is 85.3 Å². The van der Waals surface area contributed by atoms with Crippen molar-refractivity contribution < 1.29 is 0 Å². The van der Waals surface area contributed by atoms with Crippen LogP contribution in [0.4, 0.5) is 34.1 Å². The minimum Gasteiger partial charge on any atom is -0.310 e. The first-order chi connectivity index (χ1) is 16.7. The molecule has 0 atom stereocenters. The number of hydrogen-bond acceptors (Lipinski definition) is 2. The van der Waals surface area contributed by atoms with Gasteiger partial charge in [0.05, 0.1) is 0 Å². The van der Waals surface area contributed by atoms with E-state index in [1.165, 1.54) is 5.56 Å². The van der Waals surface area contributed by atoms with Crippen molar-refractivity contribution in [3.63, 3.8) is 0 Å². The summed E-state index contributed by atoms with van der Waals surface area (Å²) < 4.78 is 1.05. The van der Waals surface area contributed by atoms with Crippen LogP contribution in [-0.4, -0.2) is 0 Å². The van der Waals surface area contributed by atoms with Crippen molar-refractivity contribution in [2.45, 2.75) is 6.92 Å². The van der Waals surface area contributed by atoms with Crippen molar-refractivity contribution in [2.24, 2.45) is 0 Å². The molecule has 0 radical (unpaired) electrons. The third-order valence-electron chi connectivity index (χ3n) is 5.70. The van der Waals surface area contributed by atoms with Crippen molar-refractivity contribution in [3.05, 3.63) is 143 Å². The summed E-state index contributed by atoms with van der Waals surface area (Å²) in [5.41, 5.74) is 7.89. The van der Waals surface area contributed by atoms with Crippen LogP contribution in [0, 0.1) is 6.92 Å². The third-order valence-corrected chi connectivity index (χ3v) is 6.19. The van der Waals surface area contributed by atoms with E-state index in [4.69, 9.17) is 0 Å². The Morgan fingerprint density at radius 2 is 0.824 bits per heavy atom. The van der Waals surface area contributed by atoms with E-state index in [1.807, 2.05) is 6.07 Å². The molecule has 0 heterocycles. The van der Waals surface area contributed by atoms with Crippen LogP contribution in [0.25, 0.3) is 0 Å². The first kappa shape index (κ1) is 22.0. The second kappa shape index (κ2) is 9.98. The fourth-order valence-electron chi connectivity index (χ4n) is 4.20. The molecule has 0 aliphatic carbocycles. The highest BCUT2D eigenvalue weighted by Crippen LogP contribution is 2.40. The van der Waals surface area contributed by atoms with Gasteiger partial charge in [0.2, 0.25) is 0 Å². The van der Waals surface area contributed by atoms with Gasteiger partial charge in [-0.2, -0.15) is 0 Å². The summed E-state index contributed by atoms with van der Waals surface area (Å²) in [5, 5.41) is 0. The Bertz CT molecular complexity index is 1280. The van der Waals surface area contributed by atoms with Crippen molar-refractivity contribution >= 4 is 50.1 Å². The van der Waals surface area contributed by atoms with E-state index in [-0.39, 0.29) is 0 Å². The highest BCUT2D eigenvalue weighted by atomic mass is 79.9. The molecule has 0 saturated heterocycles. The van der Waals surface area contributed by atoms with Crippen LogP contribution >= 0.6 is 15.9 Å². The molecule has 34 heavy (non-hydrogen) atoms. The van der Waals surface area contributed by atoms with Gasteiger partial charge < -0.3 is 9.80 Å². The van der Waals surface area contributed by atoms with Crippen LogP contribution < -0.4 is 9.80 Å². The molecule has 3 heteroatoms. The predicted molar refractivity (Wildman–Crippen MR) is 148 cm³/mol. The number of anilines is 6. The van der Waals surface area contributed by atoms with Crippen LogP contribution in [0.1, 0.15) is 5.56 Å². The molecule has 5 aromatic rings. The molecule has 166 valence electrons. The molecule has 0 amide bonds. The lowest BCUT2D eigenvalue weighted by Crippen LogP contribution is -2.13. The summed E-state index contributed by atoms with van der Waals surface area (Å²) in [7, 11) is 0. The molecule has 5 rings (SSSR count). The Kier molecular flexibility index (Phi) is 6.46. The zero-order valence-electron chi connectivity index (χ0n) is 19.0. The fourth-order valence-corrected chi connectivity index (χ4v) is 4.59. The lowest BCUT2D eigenvalue weighted by atomic mass is 10.1. The summed E-state index contributed by atoms with van der Waals surface area (Å²) in [6.07, 6.45) is 0. The average Bonchev–Trinajstić information content (AvgIpc) is 2.86. The molecule has 0 aromatic heterocycles. The van der Waals surface area contributed by atoms with Crippen molar-refractivity contribution in [1.29, 1.82) is 0 Å². The van der Waals surface area contributed by atoms with Crippen molar-refractivity contribution in [2.75, 3.05) is 9.80 Å². The molecule has 0 fully saturated rings. The van der Waals surface area contributed by atoms with Gasteiger partial charge in [-0.1, -0.05) is 76.6 Å². The van der Waals surface area contributed by atoms with Gasteiger partial charge >= 0.3 is 0 Å². The Morgan fingerprint density at radius 1 is 0.412 bits per heavy atom. The van der Waals surface area contributed by atoms with E-state index >= 15 is 0 Å². The number of halogens is 1. The number of hydrogen-bond donors (Lipinski definition) is 0. The highest BCUT2D eigenvalue weighted by molar-refractivity contribution is 9.10. The SMILES string of the molecule is Cc1cccc(N(c2ccccc2)c2cccc(N(c3ccccc3)c3cccc(Br)c3)c2)c1. The molecular weight excluding hydrogens is 480 g/mol. The topological polar surface area (TPSA) is 6.48 Å². The van der Waals surface area contributed by atoms with E-state index in [1.54, 1.807) is 0 Å². The number of aryl methyl sites for hydroxylation is 1. The molecule has 0 unspecified atom stereocenters. The average molecular weight is 505 g/mol. The van der Waals surface area contributed by atoms with Gasteiger partial charge in [0.15, 0.2) is 0 Å². The Hall–Kier alpha value is -3.82. The van der Waals surface area contributed by atoms with E-state index in [0.29, 0.717) is 0 Å². The Balaban J connectivity index is 1.67. The zero-order chi connectivity index (χ0) is 23.3. The molecule has 0 saturated carbocycles. The second-order valence-electron chi connectivity index (χ2n) is 8.18. The number of benzene rings is 5. The van der Waals surface area contributed by atoms with E-state index in [2.05, 4.69) is 160 Å². The van der Waals surface area contributed by atoms with Crippen LogP contribution in [0.5, 0.6) is 0 Å². The minimum atomic E-state index is 1.05. The molecular formula is C31H25BrN2. The monoisotopic (exact) mass is 504 g/mol. The maximum Gasteiger partial charge on any atom is 0.0482 e. The summed E-state index contributed by atoms with van der Waals surface area (Å²) >= 11 is 3.65. The largest absolute Gasteiger partial charge is 0.310 e. The second-order valence-corrected chi connectivity index (χ2v) is 9.10. The molecule has 0 aliphatic rings. The lowest BCUT2D eigenvalue weighted by Gasteiger charge is -2.29. The van der Waals surface area contributed by atoms with Gasteiger partial charge in [-0.3, -0.25) is 0 Å². The normalized spacial score (nSPS) is 10.6. The van der Waals surface area contributed by atoms with Gasteiger partial charge in [-0.15, -0.1) is 0 Å². The first-order valence-corrected chi connectivity index (χ1v) is 12.1. The number of nitrogens with zero attached hydrogens (tertiary/aromatic N) is 2. The van der Waals surface area contributed by atoms with E-state index in [0.717, 1.165) is 38.6 Å². The summed E-state index contributed by atoms with van der Waals surface area (Å²) in [6, 6.07) is 46.8. The fraction of sp³-hybridized carbons (Fsp3) is 0.0323. The van der Waals surface area contributed by atoms with Gasteiger partial charge in [0, 0.05) is 38.6 Å². The third kappa shape index (κ3) is 4.75.